The number of aryl methyl sites for hydroxylation is 1. The van der Waals surface area contributed by atoms with Gasteiger partial charge in [-0.05, 0) is 47.9 Å². The monoisotopic (exact) mass is 462 g/mol. The Morgan fingerprint density at radius 1 is 0.788 bits per heavy atom. The third-order valence-electron chi connectivity index (χ3n) is 6.20. The molecule has 3 aromatic rings. The maximum atomic E-state index is 12.5. The van der Waals surface area contributed by atoms with Crippen LogP contribution in [0.3, 0.4) is 0 Å². The van der Waals surface area contributed by atoms with E-state index in [4.69, 9.17) is 4.74 Å². The van der Waals surface area contributed by atoms with Crippen LogP contribution < -0.4 is 4.74 Å². The number of benzene rings is 3. The molecule has 1 saturated heterocycles. The maximum Gasteiger partial charge on any atom is 0.119 e. The van der Waals surface area contributed by atoms with Crippen LogP contribution in [0.4, 0.5) is 0 Å². The molecule has 4 rings (SSSR count). The fraction of sp³-hybridized carbons (Fsp3) is 0.357. The van der Waals surface area contributed by atoms with Crippen LogP contribution >= 0.6 is 0 Å². The van der Waals surface area contributed by atoms with Crippen LogP contribution in [0.2, 0.25) is 0 Å². The van der Waals surface area contributed by atoms with Gasteiger partial charge < -0.3 is 9.64 Å². The molecular formula is C28H34N2O2S. The minimum atomic E-state index is -0.855. The molecule has 0 N–H and O–H groups in total. The summed E-state index contributed by atoms with van der Waals surface area (Å²) in [6.45, 7) is 6.21. The highest BCUT2D eigenvalue weighted by Gasteiger charge is 2.13. The highest BCUT2D eigenvalue weighted by Crippen LogP contribution is 2.23. The van der Waals surface area contributed by atoms with Crippen molar-refractivity contribution in [2.45, 2.75) is 12.2 Å². The molecule has 0 bridgehead atoms. The van der Waals surface area contributed by atoms with Gasteiger partial charge in [-0.25, -0.2) is 0 Å². The van der Waals surface area contributed by atoms with Gasteiger partial charge in [0.1, 0.15) is 12.4 Å². The Labute approximate surface area is 200 Å². The van der Waals surface area contributed by atoms with Crippen molar-refractivity contribution < 1.29 is 8.95 Å². The first-order valence-corrected chi connectivity index (χ1v) is 13.3. The Morgan fingerprint density at radius 2 is 1.42 bits per heavy atom. The van der Waals surface area contributed by atoms with Crippen molar-refractivity contribution in [3.63, 3.8) is 0 Å². The zero-order chi connectivity index (χ0) is 22.9. The van der Waals surface area contributed by atoms with E-state index in [0.717, 1.165) is 68.2 Å². The Morgan fingerprint density at radius 3 is 2.09 bits per heavy atom. The second-order valence-electron chi connectivity index (χ2n) is 8.74. The summed E-state index contributed by atoms with van der Waals surface area (Å²) in [5.74, 6) is 2.22. The van der Waals surface area contributed by atoms with E-state index in [1.165, 1.54) is 5.56 Å². The van der Waals surface area contributed by atoms with Gasteiger partial charge in [0.2, 0.25) is 0 Å². The van der Waals surface area contributed by atoms with Gasteiger partial charge in [0.25, 0.3) is 0 Å². The van der Waals surface area contributed by atoms with Crippen LogP contribution in [0.25, 0.3) is 11.1 Å². The second-order valence-corrected chi connectivity index (χ2v) is 10.3. The molecule has 1 unspecified atom stereocenters. The van der Waals surface area contributed by atoms with Gasteiger partial charge in [-0.3, -0.25) is 9.11 Å². The largest absolute Gasteiger partial charge is 0.492 e. The number of ether oxygens (including phenoxy) is 1. The molecular weight excluding hydrogens is 428 g/mol. The van der Waals surface area contributed by atoms with Crippen LogP contribution in [0, 0.1) is 0 Å². The van der Waals surface area contributed by atoms with Gasteiger partial charge in [0.15, 0.2) is 0 Å². The first-order chi connectivity index (χ1) is 16.2. The lowest BCUT2D eigenvalue weighted by molar-refractivity contribution is 0.134. The van der Waals surface area contributed by atoms with E-state index in [0.29, 0.717) is 11.5 Å². The molecule has 1 aliphatic heterocycles. The molecule has 1 atom stereocenters. The minimum absolute atomic E-state index is 0.604. The number of rotatable bonds is 10. The SMILES string of the molecule is CN1CCN(CCOc2ccc(-c3ccc(CS(=O)CCc4ccccc4)cc3)cc2)CC1. The smallest absolute Gasteiger partial charge is 0.119 e. The van der Waals surface area contributed by atoms with Gasteiger partial charge in [0, 0.05) is 55.0 Å². The lowest BCUT2D eigenvalue weighted by atomic mass is 10.0. The molecule has 174 valence electrons. The predicted octanol–water partition coefficient (Wildman–Crippen LogP) is 4.47. The number of nitrogens with zero attached hydrogens (tertiary/aromatic N) is 2. The summed E-state index contributed by atoms with van der Waals surface area (Å²) in [6.07, 6.45) is 0.856. The average Bonchev–Trinajstić information content (AvgIpc) is 2.86. The number of likely N-dealkylation sites (N-methyl/N-ethyl adjacent to an activating group) is 1. The van der Waals surface area contributed by atoms with Crippen LogP contribution in [-0.4, -0.2) is 66.1 Å². The molecule has 33 heavy (non-hydrogen) atoms. The van der Waals surface area contributed by atoms with Crippen molar-refractivity contribution in [2.24, 2.45) is 0 Å². The van der Waals surface area contributed by atoms with Crippen molar-refractivity contribution in [1.29, 1.82) is 0 Å². The summed E-state index contributed by atoms with van der Waals surface area (Å²) in [7, 11) is 1.32. The molecule has 0 aliphatic carbocycles. The Kier molecular flexibility index (Phi) is 8.70. The lowest BCUT2D eigenvalue weighted by Gasteiger charge is -2.32. The molecule has 1 heterocycles. The van der Waals surface area contributed by atoms with Gasteiger partial charge in [-0.15, -0.1) is 0 Å². The molecule has 0 saturated carbocycles. The summed E-state index contributed by atoms with van der Waals surface area (Å²) in [6, 6.07) is 27.0. The van der Waals surface area contributed by atoms with Crippen LogP contribution in [-0.2, 0) is 23.0 Å². The average molecular weight is 463 g/mol. The van der Waals surface area contributed by atoms with Crippen molar-refractivity contribution in [3.8, 4) is 16.9 Å². The molecule has 3 aromatic carbocycles. The summed E-state index contributed by atoms with van der Waals surface area (Å²) in [4.78, 5) is 4.83. The Balaban J connectivity index is 1.22. The Hall–Kier alpha value is -2.47. The maximum absolute atomic E-state index is 12.5. The summed E-state index contributed by atoms with van der Waals surface area (Å²) < 4.78 is 18.4. The molecule has 4 nitrogen and oxygen atoms in total. The van der Waals surface area contributed by atoms with E-state index >= 15 is 0 Å². The molecule has 0 radical (unpaired) electrons. The highest BCUT2D eigenvalue weighted by molar-refractivity contribution is 7.84. The van der Waals surface area contributed by atoms with Crippen LogP contribution in [0.1, 0.15) is 11.1 Å². The molecule has 0 aromatic heterocycles. The normalized spacial score (nSPS) is 15.9. The fourth-order valence-corrected chi connectivity index (χ4v) is 5.21. The van der Waals surface area contributed by atoms with E-state index < -0.39 is 10.8 Å². The molecule has 1 aliphatic rings. The third-order valence-corrected chi connectivity index (χ3v) is 7.52. The summed E-state index contributed by atoms with van der Waals surface area (Å²) in [5.41, 5.74) is 4.69. The van der Waals surface area contributed by atoms with E-state index in [9.17, 15) is 4.21 Å². The van der Waals surface area contributed by atoms with Crippen LogP contribution in [0.5, 0.6) is 5.75 Å². The molecule has 0 amide bonds. The lowest BCUT2D eigenvalue weighted by Crippen LogP contribution is -2.45. The van der Waals surface area contributed by atoms with Gasteiger partial charge >= 0.3 is 0 Å². The number of piperazine rings is 1. The highest BCUT2D eigenvalue weighted by atomic mass is 32.2. The zero-order valence-corrected chi connectivity index (χ0v) is 20.3. The van der Waals surface area contributed by atoms with Crippen molar-refractivity contribution in [1.82, 2.24) is 9.80 Å². The summed E-state index contributed by atoms with van der Waals surface area (Å²) in [5, 5.41) is 0. The van der Waals surface area contributed by atoms with Gasteiger partial charge in [0.05, 0.1) is 0 Å². The number of hydrogen-bond acceptors (Lipinski definition) is 4. The fourth-order valence-electron chi connectivity index (χ4n) is 4.04. The predicted molar refractivity (Wildman–Crippen MR) is 138 cm³/mol. The molecule has 5 heteroatoms. The molecule has 0 spiro atoms. The second kappa shape index (κ2) is 12.1. The third kappa shape index (κ3) is 7.53. The topological polar surface area (TPSA) is 32.8 Å². The van der Waals surface area contributed by atoms with Gasteiger partial charge in [-0.1, -0.05) is 66.7 Å². The molecule has 1 fully saturated rings. The van der Waals surface area contributed by atoms with E-state index in [1.54, 1.807) is 0 Å². The van der Waals surface area contributed by atoms with Crippen molar-refractivity contribution in [2.75, 3.05) is 52.1 Å². The van der Waals surface area contributed by atoms with E-state index in [1.807, 2.05) is 30.3 Å². The zero-order valence-electron chi connectivity index (χ0n) is 19.5. The first-order valence-electron chi connectivity index (χ1n) is 11.8. The van der Waals surface area contributed by atoms with E-state index in [-0.39, 0.29) is 0 Å². The minimum Gasteiger partial charge on any atom is -0.492 e. The number of hydrogen-bond donors (Lipinski definition) is 0. The van der Waals surface area contributed by atoms with Crippen molar-refractivity contribution >= 4 is 10.8 Å². The first kappa shape index (κ1) is 23.7. The standard InChI is InChI=1S/C28H34N2O2S/c1-29-16-18-30(19-17-29)20-21-32-28-13-11-27(12-14-28)26-9-7-25(8-10-26)23-33(31)22-15-24-5-3-2-4-6-24/h2-14H,15-23H2,1H3. The van der Waals surface area contributed by atoms with Gasteiger partial charge in [-0.2, -0.15) is 0 Å². The summed E-state index contributed by atoms with van der Waals surface area (Å²) >= 11 is 0. The van der Waals surface area contributed by atoms with E-state index in [2.05, 4.69) is 65.4 Å². The Bertz CT molecular complexity index is 998. The quantitative estimate of drug-likeness (QED) is 0.445. The van der Waals surface area contributed by atoms with Crippen LogP contribution in [0.15, 0.2) is 78.9 Å². The van der Waals surface area contributed by atoms with Crippen molar-refractivity contribution in [3.05, 3.63) is 90.0 Å².